The fraction of sp³-hybridized carbons (Fsp3) is 0.292. The van der Waals surface area contributed by atoms with Crippen molar-refractivity contribution in [3.8, 4) is 11.4 Å². The second kappa shape index (κ2) is 10.3. The first-order valence-electron chi connectivity index (χ1n) is 10.2. The van der Waals surface area contributed by atoms with Gasteiger partial charge in [0.2, 0.25) is 5.91 Å². The Morgan fingerprint density at radius 1 is 1.17 bits per heavy atom. The standard InChI is InChI=1S/C24H28N4OS/c1-5-15-28-23(20-9-7-17(3)8-10-20)26-27-24(28)30-16-22(29)25-21-13-11-19(12-14-21)18(4)6-2/h5,7-14,18H,1,6,15-16H2,2-4H3,(H,25,29)/t18-/m0/s1. The molecule has 3 aromatic rings. The predicted molar refractivity (Wildman–Crippen MR) is 125 cm³/mol. The van der Waals surface area contributed by atoms with Gasteiger partial charge < -0.3 is 5.32 Å². The third-order valence-corrected chi connectivity index (χ3v) is 6.01. The van der Waals surface area contributed by atoms with Gasteiger partial charge in [-0.05, 0) is 37.0 Å². The predicted octanol–water partition coefficient (Wildman–Crippen LogP) is 5.68. The van der Waals surface area contributed by atoms with Gasteiger partial charge in [-0.25, -0.2) is 0 Å². The number of nitrogens with one attached hydrogen (secondary N) is 1. The lowest BCUT2D eigenvalue weighted by molar-refractivity contribution is -0.113. The van der Waals surface area contributed by atoms with Gasteiger partial charge in [0.25, 0.3) is 0 Å². The van der Waals surface area contributed by atoms with Crippen molar-refractivity contribution in [1.29, 1.82) is 0 Å². The summed E-state index contributed by atoms with van der Waals surface area (Å²) in [5, 5.41) is 12.3. The zero-order valence-corrected chi connectivity index (χ0v) is 18.6. The number of thioether (sulfide) groups is 1. The Bertz CT molecular complexity index is 993. The van der Waals surface area contributed by atoms with Crippen molar-refractivity contribution in [1.82, 2.24) is 14.8 Å². The quantitative estimate of drug-likeness (QED) is 0.357. The molecule has 1 N–H and O–H groups in total. The Morgan fingerprint density at radius 3 is 2.50 bits per heavy atom. The Labute approximate surface area is 182 Å². The van der Waals surface area contributed by atoms with E-state index in [9.17, 15) is 4.79 Å². The van der Waals surface area contributed by atoms with Gasteiger partial charge >= 0.3 is 0 Å². The van der Waals surface area contributed by atoms with Crippen molar-refractivity contribution >= 4 is 23.4 Å². The second-order valence-electron chi connectivity index (χ2n) is 7.34. The van der Waals surface area contributed by atoms with Crippen LogP contribution in [0.25, 0.3) is 11.4 Å². The van der Waals surface area contributed by atoms with Crippen LogP contribution in [0.5, 0.6) is 0 Å². The molecule has 0 saturated heterocycles. The maximum Gasteiger partial charge on any atom is 0.234 e. The molecular weight excluding hydrogens is 392 g/mol. The van der Waals surface area contributed by atoms with Crippen LogP contribution in [0.15, 0.2) is 66.3 Å². The first-order chi connectivity index (χ1) is 14.5. The van der Waals surface area contributed by atoms with E-state index in [2.05, 4.69) is 67.1 Å². The molecule has 0 radical (unpaired) electrons. The van der Waals surface area contributed by atoms with Crippen LogP contribution < -0.4 is 5.32 Å². The number of amides is 1. The number of nitrogens with zero attached hydrogens (tertiary/aromatic N) is 3. The average Bonchev–Trinajstić information content (AvgIpc) is 3.15. The molecule has 2 aromatic carbocycles. The van der Waals surface area contributed by atoms with Crippen LogP contribution in [0.2, 0.25) is 0 Å². The molecule has 3 rings (SSSR count). The van der Waals surface area contributed by atoms with E-state index < -0.39 is 0 Å². The monoisotopic (exact) mass is 420 g/mol. The van der Waals surface area contributed by atoms with Crippen molar-refractivity contribution in [3.05, 3.63) is 72.3 Å². The highest BCUT2D eigenvalue weighted by Crippen LogP contribution is 2.25. The molecule has 6 heteroatoms. The summed E-state index contributed by atoms with van der Waals surface area (Å²) in [6.07, 6.45) is 2.91. The summed E-state index contributed by atoms with van der Waals surface area (Å²) in [5.41, 5.74) is 4.27. The van der Waals surface area contributed by atoms with Crippen LogP contribution in [0, 0.1) is 6.92 Å². The summed E-state index contributed by atoms with van der Waals surface area (Å²) < 4.78 is 1.98. The summed E-state index contributed by atoms with van der Waals surface area (Å²) in [6.45, 7) is 10.8. The smallest absolute Gasteiger partial charge is 0.234 e. The molecule has 0 fully saturated rings. The van der Waals surface area contributed by atoms with Crippen molar-refractivity contribution < 1.29 is 4.79 Å². The Balaban J connectivity index is 1.65. The zero-order chi connectivity index (χ0) is 21.5. The fourth-order valence-corrected chi connectivity index (χ4v) is 3.81. The van der Waals surface area contributed by atoms with Gasteiger partial charge in [-0.2, -0.15) is 0 Å². The molecule has 156 valence electrons. The second-order valence-corrected chi connectivity index (χ2v) is 8.28. The van der Waals surface area contributed by atoms with Crippen molar-refractivity contribution in [3.63, 3.8) is 0 Å². The number of carbonyl (C=O) groups excluding carboxylic acids is 1. The van der Waals surface area contributed by atoms with E-state index in [4.69, 9.17) is 0 Å². The summed E-state index contributed by atoms with van der Waals surface area (Å²) in [6, 6.07) is 16.2. The number of allylic oxidation sites excluding steroid dienone is 1. The minimum Gasteiger partial charge on any atom is -0.325 e. The molecule has 0 unspecified atom stereocenters. The molecule has 1 aromatic heterocycles. The summed E-state index contributed by atoms with van der Waals surface area (Å²) >= 11 is 1.37. The number of aromatic nitrogens is 3. The molecule has 0 saturated carbocycles. The molecule has 0 bridgehead atoms. The van der Waals surface area contributed by atoms with Gasteiger partial charge in [-0.1, -0.05) is 73.6 Å². The number of hydrogen-bond donors (Lipinski definition) is 1. The largest absolute Gasteiger partial charge is 0.325 e. The minimum absolute atomic E-state index is 0.0682. The molecular formula is C24H28N4OS. The van der Waals surface area contributed by atoms with Crippen molar-refractivity contribution in [2.45, 2.75) is 44.8 Å². The SMILES string of the molecule is C=CCn1c(SCC(=O)Nc2ccc([C@@H](C)CC)cc2)nnc1-c1ccc(C)cc1. The normalized spacial score (nSPS) is 11.8. The molecule has 0 aliphatic carbocycles. The first-order valence-corrected chi connectivity index (χ1v) is 11.1. The highest BCUT2D eigenvalue weighted by molar-refractivity contribution is 7.99. The maximum atomic E-state index is 12.4. The van der Waals surface area contributed by atoms with Gasteiger partial charge in [0, 0.05) is 17.8 Å². The Kier molecular flexibility index (Phi) is 7.46. The number of hydrogen-bond acceptors (Lipinski definition) is 4. The van der Waals surface area contributed by atoms with Gasteiger partial charge in [0.1, 0.15) is 0 Å². The van der Waals surface area contributed by atoms with E-state index in [-0.39, 0.29) is 11.7 Å². The topological polar surface area (TPSA) is 59.8 Å². The van der Waals surface area contributed by atoms with Crippen LogP contribution in [-0.2, 0) is 11.3 Å². The number of carbonyl (C=O) groups is 1. The van der Waals surface area contributed by atoms with Crippen LogP contribution in [-0.4, -0.2) is 26.4 Å². The highest BCUT2D eigenvalue weighted by atomic mass is 32.2. The van der Waals surface area contributed by atoms with Gasteiger partial charge in [-0.3, -0.25) is 9.36 Å². The maximum absolute atomic E-state index is 12.4. The van der Waals surface area contributed by atoms with E-state index in [1.807, 2.05) is 34.9 Å². The Morgan fingerprint density at radius 2 is 1.87 bits per heavy atom. The third-order valence-electron chi connectivity index (χ3n) is 5.05. The molecule has 1 atom stereocenters. The molecule has 0 aliphatic heterocycles. The van der Waals surface area contributed by atoms with Gasteiger partial charge in [-0.15, -0.1) is 16.8 Å². The summed E-state index contributed by atoms with van der Waals surface area (Å²) in [5.74, 6) is 1.49. The lowest BCUT2D eigenvalue weighted by Crippen LogP contribution is -2.14. The van der Waals surface area contributed by atoms with E-state index in [1.165, 1.54) is 22.9 Å². The van der Waals surface area contributed by atoms with Gasteiger partial charge in [0.15, 0.2) is 11.0 Å². The summed E-state index contributed by atoms with van der Waals surface area (Å²) in [4.78, 5) is 12.4. The molecule has 1 heterocycles. The first kappa shape index (κ1) is 21.8. The third kappa shape index (κ3) is 5.39. The van der Waals surface area contributed by atoms with Crippen molar-refractivity contribution in [2.75, 3.05) is 11.1 Å². The van der Waals surface area contributed by atoms with Gasteiger partial charge in [0.05, 0.1) is 5.75 Å². The number of benzene rings is 2. The Hall–Kier alpha value is -2.86. The van der Waals surface area contributed by atoms with Crippen LogP contribution in [0.3, 0.4) is 0 Å². The molecule has 5 nitrogen and oxygen atoms in total. The van der Waals surface area contributed by atoms with E-state index in [0.717, 1.165) is 23.5 Å². The van der Waals surface area contributed by atoms with E-state index >= 15 is 0 Å². The molecule has 0 aliphatic rings. The molecule has 0 spiro atoms. The van der Waals surface area contributed by atoms with Crippen LogP contribution in [0.4, 0.5) is 5.69 Å². The lowest BCUT2D eigenvalue weighted by Gasteiger charge is -2.11. The van der Waals surface area contributed by atoms with E-state index in [1.54, 1.807) is 0 Å². The number of anilines is 1. The number of rotatable bonds is 9. The fourth-order valence-electron chi connectivity index (χ4n) is 3.06. The summed E-state index contributed by atoms with van der Waals surface area (Å²) in [7, 11) is 0. The lowest BCUT2D eigenvalue weighted by atomic mass is 9.99. The number of aryl methyl sites for hydroxylation is 1. The average molecular weight is 421 g/mol. The van der Waals surface area contributed by atoms with Crippen molar-refractivity contribution in [2.24, 2.45) is 0 Å². The molecule has 1 amide bonds. The zero-order valence-electron chi connectivity index (χ0n) is 17.8. The molecule has 30 heavy (non-hydrogen) atoms. The highest BCUT2D eigenvalue weighted by Gasteiger charge is 2.15. The van der Waals surface area contributed by atoms with E-state index in [0.29, 0.717) is 17.6 Å². The van der Waals surface area contributed by atoms with Crippen LogP contribution in [0.1, 0.15) is 37.3 Å². The van der Waals surface area contributed by atoms with Crippen LogP contribution >= 0.6 is 11.8 Å². The minimum atomic E-state index is -0.0682.